The number of benzene rings is 2. The van der Waals surface area contributed by atoms with E-state index in [9.17, 15) is 31.5 Å². The van der Waals surface area contributed by atoms with Gasteiger partial charge in [0.15, 0.2) is 0 Å². The molecule has 0 unspecified atom stereocenters. The smallest absolute Gasteiger partial charge is 0.416 e. The van der Waals surface area contributed by atoms with Crippen LogP contribution in [0.5, 0.6) is 5.75 Å². The third-order valence-corrected chi connectivity index (χ3v) is 5.96. The van der Waals surface area contributed by atoms with Gasteiger partial charge in [0.1, 0.15) is 16.4 Å². The minimum Gasteiger partial charge on any atom is -0.435 e. The first kappa shape index (κ1) is 26.1. The number of alkyl halides is 5. The van der Waals surface area contributed by atoms with E-state index in [1.54, 1.807) is 0 Å². The second-order valence-corrected chi connectivity index (χ2v) is 8.43. The lowest BCUT2D eigenvalue weighted by molar-refractivity contribution is -0.137. The summed E-state index contributed by atoms with van der Waals surface area (Å²) >= 11 is 6.35. The molecule has 1 N–H and O–H groups in total. The third kappa shape index (κ3) is 4.99. The van der Waals surface area contributed by atoms with E-state index in [-0.39, 0.29) is 33.4 Å². The minimum atomic E-state index is -4.57. The Kier molecular flexibility index (Phi) is 6.67. The van der Waals surface area contributed by atoms with Gasteiger partial charge in [0.05, 0.1) is 28.7 Å². The quantitative estimate of drug-likeness (QED) is 0.262. The fraction of sp³-hybridized carbons (Fsp3) is 0.217. The summed E-state index contributed by atoms with van der Waals surface area (Å²) in [6, 6.07) is 8.66. The summed E-state index contributed by atoms with van der Waals surface area (Å²) in [6.07, 6.45) is -3.47. The number of nitrogens with zero attached hydrogens (tertiary/aromatic N) is 4. The summed E-state index contributed by atoms with van der Waals surface area (Å²) in [6.45, 7) is -0.0845. The summed E-state index contributed by atoms with van der Waals surface area (Å²) in [7, 11) is 0. The lowest BCUT2D eigenvalue weighted by atomic mass is 9.92. The van der Waals surface area contributed by atoms with E-state index >= 15 is 0 Å². The normalized spacial score (nSPS) is 18.2. The first-order chi connectivity index (χ1) is 17.3. The highest BCUT2D eigenvalue weighted by molar-refractivity contribution is 6.32. The number of rotatable bonds is 6. The molecule has 37 heavy (non-hydrogen) atoms. The van der Waals surface area contributed by atoms with Gasteiger partial charge >= 0.3 is 18.8 Å². The van der Waals surface area contributed by atoms with Crippen LogP contribution in [0.2, 0.25) is 5.15 Å². The number of amides is 3. The van der Waals surface area contributed by atoms with Crippen molar-refractivity contribution in [3.8, 4) is 11.4 Å². The number of hydrogen-bond acceptors (Lipinski definition) is 5. The van der Waals surface area contributed by atoms with Crippen LogP contribution in [0.4, 0.5) is 26.7 Å². The molecule has 1 aromatic heterocycles. The van der Waals surface area contributed by atoms with Gasteiger partial charge in [-0.3, -0.25) is 4.79 Å². The fourth-order valence-corrected chi connectivity index (χ4v) is 3.97. The molecule has 3 aromatic rings. The van der Waals surface area contributed by atoms with Gasteiger partial charge in [-0.1, -0.05) is 29.8 Å². The van der Waals surface area contributed by atoms with Crippen molar-refractivity contribution in [2.45, 2.75) is 32.2 Å². The van der Waals surface area contributed by atoms with Crippen molar-refractivity contribution in [3.05, 3.63) is 76.1 Å². The maximum absolute atomic E-state index is 13.1. The van der Waals surface area contributed by atoms with Gasteiger partial charge in [-0.15, -0.1) is 5.01 Å². The molecule has 8 nitrogen and oxygen atoms in total. The lowest BCUT2D eigenvalue weighted by Crippen LogP contribution is -2.40. The number of hydrazone groups is 1. The van der Waals surface area contributed by atoms with Gasteiger partial charge < -0.3 is 10.1 Å². The molecule has 0 spiro atoms. The molecule has 14 heteroatoms. The van der Waals surface area contributed by atoms with Crippen molar-refractivity contribution in [2.24, 2.45) is 5.10 Å². The summed E-state index contributed by atoms with van der Waals surface area (Å²) in [5.41, 5.74) is -1.67. The molecule has 1 fully saturated rings. The van der Waals surface area contributed by atoms with Crippen molar-refractivity contribution in [1.29, 1.82) is 0 Å². The molecule has 0 saturated carbocycles. The molecule has 2 heterocycles. The van der Waals surface area contributed by atoms with Crippen LogP contribution in [0.15, 0.2) is 53.6 Å². The Hall–Kier alpha value is -4.00. The molecule has 3 amide bonds. The maximum Gasteiger partial charge on any atom is 0.416 e. The Labute approximate surface area is 211 Å². The number of carbonyl (C=O) groups excluding carboxylic acids is 2. The minimum absolute atomic E-state index is 0.0458. The molecule has 1 aliphatic rings. The summed E-state index contributed by atoms with van der Waals surface area (Å²) in [4.78, 5) is 25.6. The van der Waals surface area contributed by atoms with Crippen LogP contribution in [-0.4, -0.2) is 39.6 Å². The second kappa shape index (κ2) is 9.47. The van der Waals surface area contributed by atoms with Gasteiger partial charge in [-0.25, -0.2) is 9.48 Å². The highest BCUT2D eigenvalue weighted by atomic mass is 35.5. The zero-order valence-electron chi connectivity index (χ0n) is 19.1. The molecule has 1 atom stereocenters. The number of hydrogen-bond donors (Lipinski definition) is 1. The van der Waals surface area contributed by atoms with E-state index in [4.69, 9.17) is 11.6 Å². The zero-order valence-corrected chi connectivity index (χ0v) is 19.8. The predicted molar refractivity (Wildman–Crippen MR) is 122 cm³/mol. The molecule has 0 radical (unpaired) electrons. The van der Waals surface area contributed by atoms with Crippen LogP contribution in [0, 0.1) is 6.92 Å². The van der Waals surface area contributed by atoms with E-state index in [0.29, 0.717) is 5.01 Å². The van der Waals surface area contributed by atoms with Gasteiger partial charge in [0.2, 0.25) is 0 Å². The number of halogens is 6. The highest BCUT2D eigenvalue weighted by Crippen LogP contribution is 2.33. The largest absolute Gasteiger partial charge is 0.435 e. The van der Waals surface area contributed by atoms with Crippen molar-refractivity contribution >= 4 is 29.8 Å². The highest BCUT2D eigenvalue weighted by Gasteiger charge is 2.49. The van der Waals surface area contributed by atoms with Crippen LogP contribution in [0.1, 0.15) is 29.3 Å². The molecule has 2 aromatic carbocycles. The molecular formula is C23H17ClF5N5O3. The Morgan fingerprint density at radius 1 is 1.16 bits per heavy atom. The van der Waals surface area contributed by atoms with Crippen LogP contribution in [-0.2, 0) is 16.5 Å². The number of imide groups is 1. The molecule has 1 saturated heterocycles. The average molecular weight is 542 g/mol. The monoisotopic (exact) mass is 541 g/mol. The maximum atomic E-state index is 13.1. The van der Waals surface area contributed by atoms with E-state index in [0.717, 1.165) is 23.0 Å². The molecule has 1 aliphatic heterocycles. The Balaban J connectivity index is 1.59. The van der Waals surface area contributed by atoms with Crippen molar-refractivity contribution < 1.29 is 36.3 Å². The molecule has 4 rings (SSSR count). The van der Waals surface area contributed by atoms with Gasteiger partial charge in [-0.2, -0.15) is 32.2 Å². The first-order valence-electron chi connectivity index (χ1n) is 10.5. The summed E-state index contributed by atoms with van der Waals surface area (Å²) in [5, 5.41) is 11.0. The standard InChI is InChI=1S/C23H17ClF5N5O3/c1-12-17(18(24)33(32-12)15-5-3-4-14(10-15)23(27,28)29)11-30-34-19(35)22(2,31-21(34)36)13-6-8-16(9-7-13)37-20(25)26/h3-11,20H,1-2H3,(H,31,36)/b30-11-/t22-/m1/s1. The Morgan fingerprint density at radius 2 is 1.84 bits per heavy atom. The number of aromatic nitrogens is 2. The molecule has 194 valence electrons. The lowest BCUT2D eigenvalue weighted by Gasteiger charge is -2.21. The van der Waals surface area contributed by atoms with Crippen molar-refractivity contribution in [2.75, 3.05) is 0 Å². The third-order valence-electron chi connectivity index (χ3n) is 5.59. The van der Waals surface area contributed by atoms with E-state index in [1.807, 2.05) is 0 Å². The predicted octanol–water partition coefficient (Wildman–Crippen LogP) is 5.26. The van der Waals surface area contributed by atoms with Crippen molar-refractivity contribution in [1.82, 2.24) is 20.1 Å². The van der Waals surface area contributed by atoms with E-state index < -0.39 is 35.8 Å². The first-order valence-corrected chi connectivity index (χ1v) is 10.9. The number of ether oxygens (including phenoxy) is 1. The van der Waals surface area contributed by atoms with Gasteiger partial charge in [0, 0.05) is 0 Å². The molecular weight excluding hydrogens is 525 g/mol. The van der Waals surface area contributed by atoms with Crippen LogP contribution >= 0.6 is 11.6 Å². The van der Waals surface area contributed by atoms with Crippen LogP contribution in [0.3, 0.4) is 0 Å². The summed E-state index contributed by atoms with van der Waals surface area (Å²) in [5.74, 6) is -0.896. The van der Waals surface area contributed by atoms with Gasteiger partial charge in [-0.05, 0) is 49.7 Å². The van der Waals surface area contributed by atoms with Crippen LogP contribution in [0.25, 0.3) is 5.69 Å². The number of aryl methyl sites for hydroxylation is 1. The van der Waals surface area contributed by atoms with Crippen LogP contribution < -0.4 is 10.1 Å². The second-order valence-electron chi connectivity index (χ2n) is 8.07. The Morgan fingerprint density at radius 3 is 2.46 bits per heavy atom. The number of carbonyl (C=O) groups is 2. The van der Waals surface area contributed by atoms with E-state index in [1.165, 1.54) is 50.2 Å². The van der Waals surface area contributed by atoms with Gasteiger partial charge in [0.25, 0.3) is 5.91 Å². The molecule has 0 bridgehead atoms. The number of nitrogens with one attached hydrogen (secondary N) is 1. The van der Waals surface area contributed by atoms with Crippen molar-refractivity contribution in [3.63, 3.8) is 0 Å². The SMILES string of the molecule is Cc1nn(-c2cccc(C(F)(F)F)c2)c(Cl)c1/C=N\N1C(=O)N[C@](C)(c2ccc(OC(F)F)cc2)C1=O. The van der Waals surface area contributed by atoms with E-state index in [2.05, 4.69) is 20.3 Å². The average Bonchev–Trinajstić information content (AvgIpc) is 3.23. The zero-order chi connectivity index (χ0) is 27.1. The summed E-state index contributed by atoms with van der Waals surface area (Å²) < 4.78 is 69.4. The fourth-order valence-electron chi connectivity index (χ4n) is 3.65. The molecule has 0 aliphatic carbocycles. The Bertz CT molecular complexity index is 1390. The number of urea groups is 1. The topological polar surface area (TPSA) is 88.8 Å².